The Morgan fingerprint density at radius 2 is 0.783 bits per heavy atom. The first-order valence-electron chi connectivity index (χ1n) is 8.42. The molecule has 140 valence electrons. The largest absolute Gasteiger partial charge is 0.394 e. The molecule has 0 aromatic rings. The number of ether oxygens (including phenoxy) is 3. The van der Waals surface area contributed by atoms with Crippen LogP contribution in [0.15, 0.2) is 0 Å². The van der Waals surface area contributed by atoms with Crippen molar-refractivity contribution in [2.45, 2.75) is 0 Å². The van der Waals surface area contributed by atoms with Crippen LogP contribution in [0, 0.1) is 0 Å². The van der Waals surface area contributed by atoms with E-state index in [0.717, 1.165) is 48.4 Å². The average molecular weight is 338 g/mol. The van der Waals surface area contributed by atoms with E-state index < -0.39 is 0 Å². The number of nitrogens with zero attached hydrogens (tertiary/aromatic N) is 2. The number of likely N-dealkylation sites (N-methyl/N-ethyl adjacent to an activating group) is 2. The highest BCUT2D eigenvalue weighted by molar-refractivity contribution is 4.39. The van der Waals surface area contributed by atoms with Gasteiger partial charge in [-0.25, -0.2) is 0 Å². The molecule has 0 aromatic carbocycles. The highest BCUT2D eigenvalue weighted by Crippen LogP contribution is 1.99. The van der Waals surface area contributed by atoms with Crippen LogP contribution in [0.1, 0.15) is 0 Å². The second kappa shape index (κ2) is 13.1. The van der Waals surface area contributed by atoms with Gasteiger partial charge in [0.05, 0.1) is 81.0 Å². The van der Waals surface area contributed by atoms with E-state index in [-0.39, 0.29) is 13.2 Å². The fourth-order valence-electron chi connectivity index (χ4n) is 1.91. The second-order valence-electron chi connectivity index (χ2n) is 7.05. The van der Waals surface area contributed by atoms with Crippen LogP contribution in [0.3, 0.4) is 0 Å². The van der Waals surface area contributed by atoms with Gasteiger partial charge in [-0.05, 0) is 0 Å². The van der Waals surface area contributed by atoms with E-state index in [1.807, 2.05) is 0 Å². The molecule has 0 saturated heterocycles. The van der Waals surface area contributed by atoms with Crippen LogP contribution in [-0.2, 0) is 14.2 Å². The zero-order chi connectivity index (χ0) is 17.6. The van der Waals surface area contributed by atoms with Gasteiger partial charge in [0.2, 0.25) is 0 Å². The molecule has 0 spiro atoms. The number of aliphatic hydroxyl groups is 2. The molecule has 23 heavy (non-hydrogen) atoms. The van der Waals surface area contributed by atoms with Gasteiger partial charge in [0, 0.05) is 0 Å². The topological polar surface area (TPSA) is 68.2 Å². The van der Waals surface area contributed by atoms with Gasteiger partial charge in [-0.15, -0.1) is 0 Å². The van der Waals surface area contributed by atoms with Crippen molar-refractivity contribution in [1.29, 1.82) is 0 Å². The Morgan fingerprint density at radius 3 is 1.04 bits per heavy atom. The Morgan fingerprint density at radius 1 is 0.522 bits per heavy atom. The molecule has 0 heterocycles. The summed E-state index contributed by atoms with van der Waals surface area (Å²) in [6.45, 7) is 7.45. The van der Waals surface area contributed by atoms with Crippen molar-refractivity contribution in [1.82, 2.24) is 0 Å². The molecule has 0 aromatic heterocycles. The lowest BCUT2D eigenvalue weighted by atomic mass is 10.4. The molecule has 7 heteroatoms. The predicted octanol–water partition coefficient (Wildman–Crippen LogP) is -0.826. The number of hydrogen-bond acceptors (Lipinski definition) is 5. The molecular weight excluding hydrogens is 300 g/mol. The van der Waals surface area contributed by atoms with Crippen LogP contribution in [0.2, 0.25) is 0 Å². The Labute approximate surface area is 141 Å². The third-order valence-corrected chi connectivity index (χ3v) is 3.84. The first-order valence-corrected chi connectivity index (χ1v) is 8.42. The predicted molar refractivity (Wildman–Crippen MR) is 90.3 cm³/mol. The third-order valence-electron chi connectivity index (χ3n) is 3.84. The van der Waals surface area contributed by atoms with Crippen molar-refractivity contribution in [3.8, 4) is 0 Å². The summed E-state index contributed by atoms with van der Waals surface area (Å²) < 4.78 is 18.1. The van der Waals surface area contributed by atoms with E-state index in [1.54, 1.807) is 0 Å². The van der Waals surface area contributed by atoms with Crippen LogP contribution in [0.5, 0.6) is 0 Å². The number of rotatable bonds is 16. The minimum atomic E-state index is 0.0790. The maximum atomic E-state index is 8.67. The smallest absolute Gasteiger partial charge is 0.102 e. The number of hydrogen-bond donors (Lipinski definition) is 2. The first-order chi connectivity index (χ1) is 10.8. The minimum absolute atomic E-state index is 0.0790. The van der Waals surface area contributed by atoms with Gasteiger partial charge >= 0.3 is 0 Å². The normalized spacial score (nSPS) is 12.8. The Bertz CT molecular complexity index is 249. The molecule has 7 nitrogen and oxygen atoms in total. The SMILES string of the molecule is C[N+](C)(CCOCCO)CCOCC[N+](C)(C)CCOCCO. The lowest BCUT2D eigenvalue weighted by Gasteiger charge is -2.31. The summed E-state index contributed by atoms with van der Waals surface area (Å²) in [5.74, 6) is 0. The molecule has 0 bridgehead atoms. The van der Waals surface area contributed by atoms with E-state index in [9.17, 15) is 0 Å². The maximum absolute atomic E-state index is 8.67. The summed E-state index contributed by atoms with van der Waals surface area (Å²) in [7, 11) is 8.63. The van der Waals surface area contributed by atoms with E-state index in [2.05, 4.69) is 28.2 Å². The number of aliphatic hydroxyl groups excluding tert-OH is 2. The molecular formula is C16H38N2O5+2. The quantitative estimate of drug-likeness (QED) is 0.284. The molecule has 0 atom stereocenters. The highest BCUT2D eigenvalue weighted by atomic mass is 16.5. The molecule has 0 unspecified atom stereocenters. The lowest BCUT2D eigenvalue weighted by Crippen LogP contribution is -2.46. The molecule has 0 saturated carbocycles. The van der Waals surface area contributed by atoms with Gasteiger partial charge in [-0.2, -0.15) is 0 Å². The summed E-state index contributed by atoms with van der Waals surface area (Å²) in [4.78, 5) is 0. The zero-order valence-corrected chi connectivity index (χ0v) is 15.5. The van der Waals surface area contributed by atoms with Crippen LogP contribution in [0.25, 0.3) is 0 Å². The van der Waals surface area contributed by atoms with Crippen LogP contribution in [-0.4, -0.2) is 126 Å². The van der Waals surface area contributed by atoms with Gasteiger partial charge in [-0.1, -0.05) is 0 Å². The summed E-state index contributed by atoms with van der Waals surface area (Å²) >= 11 is 0. The van der Waals surface area contributed by atoms with Gasteiger partial charge in [0.15, 0.2) is 0 Å². The van der Waals surface area contributed by atoms with Crippen LogP contribution in [0.4, 0.5) is 0 Å². The van der Waals surface area contributed by atoms with Crippen molar-refractivity contribution < 1.29 is 33.4 Å². The zero-order valence-electron chi connectivity index (χ0n) is 15.5. The Hall–Kier alpha value is -0.280. The fourth-order valence-corrected chi connectivity index (χ4v) is 1.91. The molecule has 0 amide bonds. The van der Waals surface area contributed by atoms with Crippen LogP contribution < -0.4 is 0 Å². The minimum Gasteiger partial charge on any atom is -0.394 e. The van der Waals surface area contributed by atoms with Crippen LogP contribution >= 0.6 is 0 Å². The average Bonchev–Trinajstić information content (AvgIpc) is 2.48. The molecule has 0 aliphatic heterocycles. The molecule has 2 N–H and O–H groups in total. The molecule has 0 aliphatic rings. The van der Waals surface area contributed by atoms with Gasteiger partial charge in [-0.3, -0.25) is 0 Å². The maximum Gasteiger partial charge on any atom is 0.102 e. The monoisotopic (exact) mass is 338 g/mol. The summed E-state index contributed by atoms with van der Waals surface area (Å²) in [6, 6.07) is 0. The molecule has 0 aliphatic carbocycles. The fraction of sp³-hybridized carbons (Fsp3) is 1.00. The van der Waals surface area contributed by atoms with E-state index in [4.69, 9.17) is 24.4 Å². The van der Waals surface area contributed by atoms with Crippen molar-refractivity contribution in [3.05, 3.63) is 0 Å². The summed E-state index contributed by atoms with van der Waals surface area (Å²) in [5.41, 5.74) is 0. The second-order valence-corrected chi connectivity index (χ2v) is 7.05. The van der Waals surface area contributed by atoms with E-state index >= 15 is 0 Å². The van der Waals surface area contributed by atoms with Crippen molar-refractivity contribution in [2.24, 2.45) is 0 Å². The van der Waals surface area contributed by atoms with Gasteiger partial charge < -0.3 is 33.4 Å². The van der Waals surface area contributed by atoms with E-state index in [1.165, 1.54) is 0 Å². The van der Waals surface area contributed by atoms with Crippen molar-refractivity contribution in [2.75, 3.05) is 107 Å². The van der Waals surface area contributed by atoms with Crippen molar-refractivity contribution >= 4 is 0 Å². The number of quaternary nitrogens is 2. The highest BCUT2D eigenvalue weighted by Gasteiger charge is 2.16. The molecule has 0 fully saturated rings. The third kappa shape index (κ3) is 15.0. The molecule has 0 rings (SSSR count). The standard InChI is InChI=1S/C16H38N2O5/c1-17(2,7-13-22-15-9-19)5-11-21-12-6-18(3,4)8-14-23-16-10-20/h19-20H,5-16H2,1-4H3/q+2. The Balaban J connectivity index is 3.65. The summed E-state index contributed by atoms with van der Waals surface area (Å²) in [6.07, 6.45) is 0. The van der Waals surface area contributed by atoms with E-state index in [0.29, 0.717) is 26.4 Å². The lowest BCUT2D eigenvalue weighted by molar-refractivity contribution is -0.894. The van der Waals surface area contributed by atoms with Gasteiger partial charge in [0.25, 0.3) is 0 Å². The summed E-state index contributed by atoms with van der Waals surface area (Å²) in [5, 5.41) is 17.3. The van der Waals surface area contributed by atoms with Gasteiger partial charge in [0.1, 0.15) is 26.2 Å². The first kappa shape index (κ1) is 22.7. The molecule has 0 radical (unpaired) electrons. The van der Waals surface area contributed by atoms with Crippen molar-refractivity contribution in [3.63, 3.8) is 0 Å². The Kier molecular flexibility index (Phi) is 12.9.